The van der Waals surface area contributed by atoms with Crippen molar-refractivity contribution in [1.29, 1.82) is 0 Å². The minimum atomic E-state index is -0.0855. The van der Waals surface area contributed by atoms with Gasteiger partial charge in [0.15, 0.2) is 0 Å². The van der Waals surface area contributed by atoms with E-state index >= 15 is 0 Å². The van der Waals surface area contributed by atoms with Gasteiger partial charge in [0, 0.05) is 20.2 Å². The number of amides is 1. The lowest BCUT2D eigenvalue weighted by molar-refractivity contribution is -0.123. The highest BCUT2D eigenvalue weighted by atomic mass is 16.5. The second-order valence-electron chi connectivity index (χ2n) is 5.29. The normalized spacial score (nSPS) is 25.8. The number of carbonyl (C=O) groups excluding carboxylic acids is 1. The van der Waals surface area contributed by atoms with Gasteiger partial charge >= 0.3 is 0 Å². The van der Waals surface area contributed by atoms with Gasteiger partial charge in [-0.3, -0.25) is 4.79 Å². The minimum Gasteiger partial charge on any atom is -0.380 e. The van der Waals surface area contributed by atoms with Crippen molar-refractivity contribution in [2.24, 2.45) is 5.41 Å². The van der Waals surface area contributed by atoms with Crippen molar-refractivity contribution in [2.45, 2.75) is 45.8 Å². The molecule has 4 heteroatoms. The van der Waals surface area contributed by atoms with E-state index in [2.05, 4.69) is 31.4 Å². The first kappa shape index (κ1) is 13.5. The summed E-state index contributed by atoms with van der Waals surface area (Å²) in [7, 11) is 1.69. The molecule has 2 unspecified atom stereocenters. The molecule has 0 spiro atoms. The Hall–Kier alpha value is -0.610. The Labute approximate surface area is 98.1 Å². The molecule has 16 heavy (non-hydrogen) atoms. The fraction of sp³-hybridized carbons (Fsp3) is 0.917. The summed E-state index contributed by atoms with van der Waals surface area (Å²) in [6.07, 6.45) is 2.01. The van der Waals surface area contributed by atoms with Crippen molar-refractivity contribution < 1.29 is 9.53 Å². The lowest BCUT2D eigenvalue weighted by atomic mass is 9.90. The molecular weight excluding hydrogens is 204 g/mol. The summed E-state index contributed by atoms with van der Waals surface area (Å²) >= 11 is 0. The van der Waals surface area contributed by atoms with Crippen LogP contribution in [-0.2, 0) is 9.53 Å². The van der Waals surface area contributed by atoms with Gasteiger partial charge in [-0.15, -0.1) is 0 Å². The van der Waals surface area contributed by atoms with Crippen LogP contribution in [0.15, 0.2) is 0 Å². The molecule has 1 saturated heterocycles. The van der Waals surface area contributed by atoms with Gasteiger partial charge in [-0.05, 0) is 18.3 Å². The lowest BCUT2D eigenvalue weighted by Crippen LogP contribution is -2.43. The zero-order valence-corrected chi connectivity index (χ0v) is 10.8. The Morgan fingerprint density at radius 3 is 2.75 bits per heavy atom. The third-order valence-corrected chi connectivity index (χ3v) is 3.44. The summed E-state index contributed by atoms with van der Waals surface area (Å²) in [6, 6.07) is -0.0855. The molecular formula is C12H24N2O2. The molecule has 0 aliphatic carbocycles. The molecule has 0 aromatic rings. The lowest BCUT2D eigenvalue weighted by Gasteiger charge is -2.23. The maximum atomic E-state index is 11.8. The number of hydrogen-bond acceptors (Lipinski definition) is 3. The smallest absolute Gasteiger partial charge is 0.237 e. The average Bonchev–Trinajstić information content (AvgIpc) is 2.74. The first-order valence-corrected chi connectivity index (χ1v) is 6.02. The fourth-order valence-corrected chi connectivity index (χ4v) is 1.66. The van der Waals surface area contributed by atoms with Crippen LogP contribution in [0.4, 0.5) is 0 Å². The molecule has 0 aromatic carbocycles. The first-order chi connectivity index (χ1) is 7.48. The van der Waals surface area contributed by atoms with Crippen molar-refractivity contribution >= 4 is 5.91 Å². The molecule has 1 heterocycles. The minimum absolute atomic E-state index is 0.0855. The van der Waals surface area contributed by atoms with Crippen LogP contribution in [-0.4, -0.2) is 38.3 Å². The van der Waals surface area contributed by atoms with Crippen LogP contribution in [0.5, 0.6) is 0 Å². The van der Waals surface area contributed by atoms with Crippen LogP contribution in [0.1, 0.15) is 33.6 Å². The van der Waals surface area contributed by atoms with Crippen LogP contribution in [0.3, 0.4) is 0 Å². The summed E-state index contributed by atoms with van der Waals surface area (Å²) in [5, 5.41) is 6.18. The van der Waals surface area contributed by atoms with Gasteiger partial charge in [0.2, 0.25) is 5.91 Å². The SMILES string of the molecule is CCC(C)(C)CNC(=O)C1CC(OC)CN1. The average molecular weight is 228 g/mol. The predicted molar refractivity (Wildman–Crippen MR) is 64.3 cm³/mol. The van der Waals surface area contributed by atoms with Crippen molar-refractivity contribution in [3.05, 3.63) is 0 Å². The van der Waals surface area contributed by atoms with Crippen LogP contribution >= 0.6 is 0 Å². The highest BCUT2D eigenvalue weighted by Gasteiger charge is 2.29. The van der Waals surface area contributed by atoms with Crippen LogP contribution < -0.4 is 10.6 Å². The summed E-state index contributed by atoms with van der Waals surface area (Å²) in [5.41, 5.74) is 0.176. The molecule has 4 nitrogen and oxygen atoms in total. The molecule has 1 aliphatic rings. The second-order valence-corrected chi connectivity index (χ2v) is 5.29. The predicted octanol–water partition coefficient (Wildman–Crippen LogP) is 0.916. The molecule has 1 rings (SSSR count). The van der Waals surface area contributed by atoms with Crippen molar-refractivity contribution in [3.8, 4) is 0 Å². The molecule has 2 atom stereocenters. The van der Waals surface area contributed by atoms with Crippen molar-refractivity contribution in [3.63, 3.8) is 0 Å². The number of carbonyl (C=O) groups is 1. The van der Waals surface area contributed by atoms with Gasteiger partial charge in [0.05, 0.1) is 12.1 Å². The molecule has 1 aliphatic heterocycles. The topological polar surface area (TPSA) is 50.4 Å². The molecule has 94 valence electrons. The number of hydrogen-bond donors (Lipinski definition) is 2. The summed E-state index contributed by atoms with van der Waals surface area (Å²) in [4.78, 5) is 11.8. The Bertz CT molecular complexity index is 241. The number of nitrogens with one attached hydrogen (secondary N) is 2. The molecule has 2 N–H and O–H groups in total. The maximum Gasteiger partial charge on any atom is 0.237 e. The van der Waals surface area contributed by atoms with Crippen molar-refractivity contribution in [1.82, 2.24) is 10.6 Å². The Balaban J connectivity index is 2.31. The number of methoxy groups -OCH3 is 1. The van der Waals surface area contributed by atoms with Gasteiger partial charge in [-0.2, -0.15) is 0 Å². The monoisotopic (exact) mass is 228 g/mol. The molecule has 0 aromatic heterocycles. The summed E-state index contributed by atoms with van der Waals surface area (Å²) < 4.78 is 5.22. The van der Waals surface area contributed by atoms with Crippen molar-refractivity contribution in [2.75, 3.05) is 20.2 Å². The van der Waals surface area contributed by atoms with E-state index < -0.39 is 0 Å². The molecule has 1 amide bonds. The maximum absolute atomic E-state index is 11.8. The van der Waals surface area contributed by atoms with E-state index in [1.807, 2.05) is 0 Å². The Morgan fingerprint density at radius 2 is 2.25 bits per heavy atom. The highest BCUT2D eigenvalue weighted by molar-refractivity contribution is 5.82. The fourth-order valence-electron chi connectivity index (χ4n) is 1.66. The zero-order valence-electron chi connectivity index (χ0n) is 10.8. The summed E-state index contributed by atoms with van der Waals surface area (Å²) in [6.45, 7) is 7.96. The molecule has 0 bridgehead atoms. The quantitative estimate of drug-likeness (QED) is 0.735. The van der Waals surface area contributed by atoms with E-state index in [1.165, 1.54) is 0 Å². The Kier molecular flexibility index (Phi) is 4.74. The number of rotatable bonds is 5. The second kappa shape index (κ2) is 5.64. The molecule has 0 radical (unpaired) electrons. The van der Waals surface area contributed by atoms with Gasteiger partial charge < -0.3 is 15.4 Å². The first-order valence-electron chi connectivity index (χ1n) is 6.02. The van der Waals surface area contributed by atoms with Gasteiger partial charge in [0.1, 0.15) is 0 Å². The van der Waals surface area contributed by atoms with Crippen LogP contribution in [0, 0.1) is 5.41 Å². The third kappa shape index (κ3) is 3.76. The van der Waals surface area contributed by atoms with E-state index in [1.54, 1.807) is 7.11 Å². The Morgan fingerprint density at radius 1 is 1.56 bits per heavy atom. The van der Waals surface area contributed by atoms with Crippen LogP contribution in [0.25, 0.3) is 0 Å². The summed E-state index contributed by atoms with van der Waals surface area (Å²) in [5.74, 6) is 0.0982. The van der Waals surface area contributed by atoms with E-state index in [-0.39, 0.29) is 23.5 Å². The van der Waals surface area contributed by atoms with E-state index in [0.717, 1.165) is 25.9 Å². The molecule has 1 fully saturated rings. The van der Waals surface area contributed by atoms with E-state index in [9.17, 15) is 4.79 Å². The van der Waals surface area contributed by atoms with Crippen LogP contribution in [0.2, 0.25) is 0 Å². The van der Waals surface area contributed by atoms with E-state index in [4.69, 9.17) is 4.74 Å². The van der Waals surface area contributed by atoms with Gasteiger partial charge in [-0.1, -0.05) is 20.8 Å². The molecule has 0 saturated carbocycles. The zero-order chi connectivity index (χ0) is 12.2. The largest absolute Gasteiger partial charge is 0.380 e. The third-order valence-electron chi connectivity index (χ3n) is 3.44. The van der Waals surface area contributed by atoms with E-state index in [0.29, 0.717) is 0 Å². The standard InChI is InChI=1S/C12H24N2O2/c1-5-12(2,3)8-14-11(15)10-6-9(16-4)7-13-10/h9-10,13H,5-8H2,1-4H3,(H,14,15). The van der Waals surface area contributed by atoms with Gasteiger partial charge in [-0.25, -0.2) is 0 Å². The highest BCUT2D eigenvalue weighted by Crippen LogP contribution is 2.18. The number of ether oxygens (including phenoxy) is 1. The van der Waals surface area contributed by atoms with Gasteiger partial charge in [0.25, 0.3) is 0 Å².